The minimum Gasteiger partial charge on any atom is -0.390 e. The number of carbonyl (C=O) groups excluding carboxylic acids is 1. The molecule has 16 heavy (non-hydrogen) atoms. The Balaban J connectivity index is 2.24. The smallest absolute Gasteiger partial charge is 0.234 e. The molecule has 1 aliphatic heterocycles. The summed E-state index contributed by atoms with van der Waals surface area (Å²) in [5.74, 6) is 0.524. The number of fused-ring (bicyclic) bond motifs is 1. The van der Waals surface area contributed by atoms with Crippen LogP contribution in [0.3, 0.4) is 0 Å². The Morgan fingerprint density at radius 1 is 1.50 bits per heavy atom. The van der Waals surface area contributed by atoms with Crippen molar-refractivity contribution in [3.63, 3.8) is 0 Å². The lowest BCUT2D eigenvalue weighted by molar-refractivity contribution is -0.113. The molecule has 2 rings (SSSR count). The van der Waals surface area contributed by atoms with Gasteiger partial charge in [-0.3, -0.25) is 4.79 Å². The molecule has 0 spiro atoms. The molecule has 0 radical (unpaired) electrons. The summed E-state index contributed by atoms with van der Waals surface area (Å²) in [6.45, 7) is 3.56. The first-order valence-corrected chi connectivity index (χ1v) is 6.20. The van der Waals surface area contributed by atoms with Crippen LogP contribution in [0.5, 0.6) is 0 Å². The Morgan fingerprint density at radius 2 is 2.25 bits per heavy atom. The van der Waals surface area contributed by atoms with Crippen LogP contribution in [0.1, 0.15) is 19.4 Å². The molecule has 86 valence electrons. The molecule has 4 heteroatoms. The molecule has 0 fully saturated rings. The van der Waals surface area contributed by atoms with Gasteiger partial charge in [-0.15, -0.1) is 11.8 Å². The first-order chi connectivity index (χ1) is 7.44. The number of hydrogen-bond donors (Lipinski definition) is 2. The normalized spacial score (nSPS) is 15.6. The first-order valence-electron chi connectivity index (χ1n) is 5.22. The fourth-order valence-electron chi connectivity index (χ4n) is 1.74. The van der Waals surface area contributed by atoms with E-state index in [0.717, 1.165) is 16.1 Å². The lowest BCUT2D eigenvalue weighted by atomic mass is 9.98. The summed E-state index contributed by atoms with van der Waals surface area (Å²) in [7, 11) is 0. The van der Waals surface area contributed by atoms with Crippen molar-refractivity contribution in [3.05, 3.63) is 23.8 Å². The summed E-state index contributed by atoms with van der Waals surface area (Å²) in [6, 6.07) is 5.94. The van der Waals surface area contributed by atoms with Gasteiger partial charge in [-0.1, -0.05) is 6.07 Å². The topological polar surface area (TPSA) is 49.3 Å². The number of nitrogens with one attached hydrogen (secondary N) is 1. The third-order valence-electron chi connectivity index (χ3n) is 2.31. The Morgan fingerprint density at radius 3 is 2.94 bits per heavy atom. The number of rotatable bonds is 2. The summed E-state index contributed by atoms with van der Waals surface area (Å²) in [5.41, 5.74) is 1.18. The molecule has 0 saturated carbocycles. The number of benzene rings is 1. The van der Waals surface area contributed by atoms with Gasteiger partial charge in [0.1, 0.15) is 0 Å². The summed E-state index contributed by atoms with van der Waals surface area (Å²) >= 11 is 1.55. The molecule has 3 nitrogen and oxygen atoms in total. The molecule has 0 unspecified atom stereocenters. The molecule has 2 N–H and O–H groups in total. The van der Waals surface area contributed by atoms with Crippen LogP contribution in [0.25, 0.3) is 0 Å². The van der Waals surface area contributed by atoms with Crippen LogP contribution in [0.2, 0.25) is 0 Å². The fraction of sp³-hybridized carbons (Fsp3) is 0.417. The first kappa shape index (κ1) is 11.5. The fourth-order valence-corrected chi connectivity index (χ4v) is 2.53. The Bertz CT molecular complexity index is 424. The average Bonchev–Trinajstić information content (AvgIpc) is 2.14. The summed E-state index contributed by atoms with van der Waals surface area (Å²) in [5, 5.41) is 12.6. The lowest BCUT2D eigenvalue weighted by Gasteiger charge is -2.20. The zero-order valence-electron chi connectivity index (χ0n) is 9.41. The predicted molar refractivity (Wildman–Crippen MR) is 65.8 cm³/mol. The SMILES string of the molecule is CC(C)(O)Cc1ccc2c(c1)NC(=O)CS2. The number of anilines is 1. The Hall–Kier alpha value is -1.000. The van der Waals surface area contributed by atoms with Crippen LogP contribution < -0.4 is 5.32 Å². The minimum atomic E-state index is -0.722. The number of aliphatic hydroxyl groups is 1. The number of thioether (sulfide) groups is 1. The average molecular weight is 237 g/mol. The predicted octanol–water partition coefficient (Wildman–Crippen LogP) is 2.04. The second-order valence-electron chi connectivity index (χ2n) is 4.66. The lowest BCUT2D eigenvalue weighted by Crippen LogP contribution is -2.23. The van der Waals surface area contributed by atoms with E-state index in [4.69, 9.17) is 0 Å². The Kier molecular flexibility index (Phi) is 2.95. The van der Waals surface area contributed by atoms with E-state index in [-0.39, 0.29) is 5.91 Å². The molecule has 1 amide bonds. The van der Waals surface area contributed by atoms with Gasteiger partial charge in [0.15, 0.2) is 0 Å². The largest absolute Gasteiger partial charge is 0.390 e. The van der Waals surface area contributed by atoms with Gasteiger partial charge < -0.3 is 10.4 Å². The van der Waals surface area contributed by atoms with Crippen LogP contribution in [0, 0.1) is 0 Å². The molecule has 0 atom stereocenters. The van der Waals surface area contributed by atoms with Gasteiger partial charge in [0.2, 0.25) is 5.91 Å². The molecular formula is C12H15NO2S. The van der Waals surface area contributed by atoms with Gasteiger partial charge in [0, 0.05) is 11.3 Å². The third kappa shape index (κ3) is 2.77. The molecule has 1 heterocycles. The van der Waals surface area contributed by atoms with Crippen molar-refractivity contribution in [1.82, 2.24) is 0 Å². The maximum atomic E-state index is 11.2. The molecule has 0 aromatic heterocycles. The highest BCUT2D eigenvalue weighted by atomic mass is 32.2. The van der Waals surface area contributed by atoms with Gasteiger partial charge in [-0.25, -0.2) is 0 Å². The second-order valence-corrected chi connectivity index (χ2v) is 5.67. The molecule has 1 aromatic rings. The van der Waals surface area contributed by atoms with E-state index in [9.17, 15) is 9.90 Å². The van der Waals surface area contributed by atoms with Gasteiger partial charge in [0.25, 0.3) is 0 Å². The van der Waals surface area contributed by atoms with Gasteiger partial charge in [-0.05, 0) is 31.5 Å². The molecule has 0 aliphatic carbocycles. The molecule has 1 aromatic carbocycles. The van der Waals surface area contributed by atoms with Crippen molar-refractivity contribution in [3.8, 4) is 0 Å². The number of carbonyl (C=O) groups is 1. The van der Waals surface area contributed by atoms with Crippen molar-refractivity contribution in [2.75, 3.05) is 11.1 Å². The maximum Gasteiger partial charge on any atom is 0.234 e. The van der Waals surface area contributed by atoms with E-state index in [1.807, 2.05) is 18.2 Å². The zero-order chi connectivity index (χ0) is 11.8. The van der Waals surface area contributed by atoms with E-state index in [1.165, 1.54) is 0 Å². The van der Waals surface area contributed by atoms with E-state index in [0.29, 0.717) is 12.2 Å². The van der Waals surface area contributed by atoms with Crippen molar-refractivity contribution in [2.24, 2.45) is 0 Å². The number of hydrogen-bond acceptors (Lipinski definition) is 3. The van der Waals surface area contributed by atoms with E-state index in [1.54, 1.807) is 25.6 Å². The van der Waals surface area contributed by atoms with Crippen LogP contribution in [-0.4, -0.2) is 22.4 Å². The third-order valence-corrected chi connectivity index (χ3v) is 3.39. The quantitative estimate of drug-likeness (QED) is 0.827. The van der Waals surface area contributed by atoms with Crippen LogP contribution in [0.4, 0.5) is 5.69 Å². The van der Waals surface area contributed by atoms with Crippen molar-refractivity contribution in [1.29, 1.82) is 0 Å². The standard InChI is InChI=1S/C12H15NO2S/c1-12(2,15)6-8-3-4-10-9(5-8)13-11(14)7-16-10/h3-5,15H,6-7H2,1-2H3,(H,13,14). The molecular weight excluding hydrogens is 222 g/mol. The maximum absolute atomic E-state index is 11.2. The zero-order valence-corrected chi connectivity index (χ0v) is 10.2. The van der Waals surface area contributed by atoms with Crippen molar-refractivity contribution in [2.45, 2.75) is 30.8 Å². The van der Waals surface area contributed by atoms with E-state index in [2.05, 4.69) is 5.32 Å². The van der Waals surface area contributed by atoms with Gasteiger partial charge in [0.05, 0.1) is 17.0 Å². The second kappa shape index (κ2) is 4.11. The van der Waals surface area contributed by atoms with Crippen LogP contribution in [0.15, 0.2) is 23.1 Å². The molecule has 0 saturated heterocycles. The van der Waals surface area contributed by atoms with E-state index >= 15 is 0 Å². The summed E-state index contributed by atoms with van der Waals surface area (Å²) in [6.07, 6.45) is 0.584. The highest BCUT2D eigenvalue weighted by Crippen LogP contribution is 2.32. The monoisotopic (exact) mass is 237 g/mol. The highest BCUT2D eigenvalue weighted by Gasteiger charge is 2.18. The van der Waals surface area contributed by atoms with Crippen LogP contribution in [-0.2, 0) is 11.2 Å². The number of amides is 1. The van der Waals surface area contributed by atoms with Crippen molar-refractivity contribution >= 4 is 23.4 Å². The highest BCUT2D eigenvalue weighted by molar-refractivity contribution is 8.00. The summed E-state index contributed by atoms with van der Waals surface area (Å²) < 4.78 is 0. The summed E-state index contributed by atoms with van der Waals surface area (Å²) in [4.78, 5) is 12.3. The molecule has 1 aliphatic rings. The van der Waals surface area contributed by atoms with Crippen LogP contribution >= 0.6 is 11.8 Å². The van der Waals surface area contributed by atoms with Gasteiger partial charge >= 0.3 is 0 Å². The Labute approximate surface area is 99.2 Å². The van der Waals surface area contributed by atoms with Crippen molar-refractivity contribution < 1.29 is 9.90 Å². The van der Waals surface area contributed by atoms with Gasteiger partial charge in [-0.2, -0.15) is 0 Å². The van der Waals surface area contributed by atoms with E-state index < -0.39 is 5.60 Å². The minimum absolute atomic E-state index is 0.0397. The molecule has 0 bridgehead atoms.